The standard InChI is InChI=1S/C40H54N2O14S3/c1-39(19-11-27-57(45,46)47)32-28-30(58(48,49)50)16-18-35(32)42(22-24-56-26-25-55-4)36(39)12-7-5-8-13-37-40(2,20-23-54-3)33-29-31(59(51,52)53)15-17-34(33)41(37)21-10-6-9-14-38(43)44/h5,7-8,12-13,15-18,28-29H,6,9-11,14,19-27H2,1-4H3,(H3-,43,44,45,46,47,48,49,50,51,52,53). The van der Waals surface area contributed by atoms with Gasteiger partial charge in [0.15, 0.2) is 12.3 Å². The first kappa shape index (κ1) is 47.9. The van der Waals surface area contributed by atoms with Crippen LogP contribution in [0.1, 0.15) is 69.9 Å². The number of nitrogens with zero attached hydrogens (tertiary/aromatic N) is 2. The summed E-state index contributed by atoms with van der Waals surface area (Å²) in [5, 5.41) is 9.12. The van der Waals surface area contributed by atoms with Crippen molar-refractivity contribution in [1.29, 1.82) is 0 Å². The fourth-order valence-corrected chi connectivity index (χ4v) is 9.29. The summed E-state index contributed by atoms with van der Waals surface area (Å²) in [6.45, 7) is 5.86. The Hall–Kier alpha value is -3.79. The maximum atomic E-state index is 12.2. The molecule has 4 rings (SSSR count). The number of carboxylic acids is 1. The van der Waals surface area contributed by atoms with E-state index in [1.54, 1.807) is 44.6 Å². The van der Waals surface area contributed by atoms with Crippen LogP contribution in [0.2, 0.25) is 0 Å². The molecule has 0 radical (unpaired) electrons. The molecule has 2 aliphatic heterocycles. The maximum absolute atomic E-state index is 12.2. The first-order valence-electron chi connectivity index (χ1n) is 19.1. The zero-order valence-electron chi connectivity index (χ0n) is 33.7. The molecule has 0 saturated carbocycles. The van der Waals surface area contributed by atoms with Crippen LogP contribution in [-0.4, -0.2) is 120 Å². The highest BCUT2D eigenvalue weighted by Gasteiger charge is 2.48. The van der Waals surface area contributed by atoms with Gasteiger partial charge >= 0.3 is 5.97 Å². The molecule has 2 atom stereocenters. The number of hydrogen-bond donors (Lipinski definition) is 3. The molecule has 59 heavy (non-hydrogen) atoms. The molecule has 2 aromatic rings. The van der Waals surface area contributed by atoms with Crippen LogP contribution in [0.4, 0.5) is 11.4 Å². The minimum Gasteiger partial charge on any atom is -0.744 e. The van der Waals surface area contributed by atoms with Crippen molar-refractivity contribution in [1.82, 2.24) is 0 Å². The van der Waals surface area contributed by atoms with Gasteiger partial charge in [0.25, 0.3) is 20.2 Å². The van der Waals surface area contributed by atoms with Gasteiger partial charge in [-0.05, 0) is 87.9 Å². The van der Waals surface area contributed by atoms with E-state index < -0.39 is 52.9 Å². The molecule has 3 N–H and O–H groups in total. The van der Waals surface area contributed by atoms with Gasteiger partial charge in [-0.2, -0.15) is 21.4 Å². The highest BCUT2D eigenvalue weighted by atomic mass is 32.2. The number of methoxy groups -OCH3 is 2. The maximum Gasteiger partial charge on any atom is 0.303 e. The third-order valence-electron chi connectivity index (χ3n) is 10.8. The van der Waals surface area contributed by atoms with E-state index in [4.69, 9.17) is 19.3 Å². The molecule has 0 spiro atoms. The number of anilines is 1. The van der Waals surface area contributed by atoms with E-state index in [1.807, 2.05) is 35.5 Å². The number of carboxylic acid groups (broad SMARTS) is 1. The topological polar surface area (TPSA) is 237 Å². The summed E-state index contributed by atoms with van der Waals surface area (Å²) in [5.74, 6) is -1.41. The molecule has 0 amide bonds. The fourth-order valence-electron chi connectivity index (χ4n) is 7.78. The number of aliphatic carboxylic acids is 1. The molecule has 16 nitrogen and oxygen atoms in total. The van der Waals surface area contributed by atoms with Crippen molar-refractivity contribution in [2.45, 2.75) is 79.4 Å². The number of benzene rings is 2. The molecule has 0 fully saturated rings. The molecule has 2 heterocycles. The lowest BCUT2D eigenvalue weighted by Gasteiger charge is -2.30. The lowest BCUT2D eigenvalue weighted by Crippen LogP contribution is -2.32. The van der Waals surface area contributed by atoms with Gasteiger partial charge < -0.3 is 28.8 Å². The van der Waals surface area contributed by atoms with Crippen molar-refractivity contribution in [2.24, 2.45) is 0 Å². The third kappa shape index (κ3) is 12.2. The fraction of sp³-hybridized carbons (Fsp3) is 0.500. The van der Waals surface area contributed by atoms with Gasteiger partial charge in [0, 0.05) is 68.3 Å². The van der Waals surface area contributed by atoms with Crippen LogP contribution in [0.25, 0.3) is 0 Å². The second-order valence-electron chi connectivity index (χ2n) is 14.9. The Balaban J connectivity index is 1.79. The number of allylic oxidation sites excluding steroid dienone is 6. The normalized spacial score (nSPS) is 20.4. The minimum absolute atomic E-state index is 0.0322. The number of ether oxygens (including phenoxy) is 3. The van der Waals surface area contributed by atoms with Crippen LogP contribution >= 0.6 is 0 Å². The van der Waals surface area contributed by atoms with Crippen molar-refractivity contribution < 1.29 is 67.6 Å². The zero-order chi connectivity index (χ0) is 43.6. The Labute approximate surface area is 347 Å². The van der Waals surface area contributed by atoms with Crippen molar-refractivity contribution in [3.8, 4) is 0 Å². The highest BCUT2D eigenvalue weighted by Crippen LogP contribution is 2.51. The molecule has 0 bridgehead atoms. The van der Waals surface area contributed by atoms with Crippen molar-refractivity contribution in [3.05, 3.63) is 83.6 Å². The lowest BCUT2D eigenvalue weighted by molar-refractivity contribution is -0.442. The van der Waals surface area contributed by atoms with Crippen molar-refractivity contribution >= 4 is 53.4 Å². The summed E-state index contributed by atoms with van der Waals surface area (Å²) in [5.41, 5.74) is 2.21. The Morgan fingerprint density at radius 2 is 1.51 bits per heavy atom. The summed E-state index contributed by atoms with van der Waals surface area (Å²) in [6, 6.07) is 8.55. The summed E-state index contributed by atoms with van der Waals surface area (Å²) in [6.07, 6.45) is 11.5. The number of unbranched alkanes of at least 4 members (excludes halogenated alkanes) is 2. The third-order valence-corrected chi connectivity index (χ3v) is 13.3. The van der Waals surface area contributed by atoms with Gasteiger partial charge in [-0.3, -0.25) is 13.9 Å². The molecule has 19 heteroatoms. The van der Waals surface area contributed by atoms with Crippen LogP contribution in [0, 0.1) is 0 Å². The number of rotatable bonds is 24. The lowest BCUT2D eigenvalue weighted by atomic mass is 9.76. The predicted molar refractivity (Wildman–Crippen MR) is 220 cm³/mol. The summed E-state index contributed by atoms with van der Waals surface area (Å²) in [7, 11) is -10.6. The van der Waals surface area contributed by atoms with Crippen molar-refractivity contribution in [3.63, 3.8) is 0 Å². The van der Waals surface area contributed by atoms with E-state index in [0.29, 0.717) is 81.1 Å². The number of carbonyl (C=O) groups is 1. The van der Waals surface area contributed by atoms with Crippen LogP contribution in [0.5, 0.6) is 0 Å². The zero-order valence-corrected chi connectivity index (χ0v) is 36.2. The molecule has 0 aliphatic carbocycles. The molecule has 326 valence electrons. The van der Waals surface area contributed by atoms with Gasteiger partial charge in [0.1, 0.15) is 16.7 Å². The Kier molecular flexibility index (Phi) is 16.4. The van der Waals surface area contributed by atoms with Gasteiger partial charge in [-0.1, -0.05) is 24.6 Å². The van der Waals surface area contributed by atoms with E-state index >= 15 is 0 Å². The SMILES string of the molecule is COCCOCC[N+]1=C(/C=C/C=C/C=C2/N(CCCCCC(=O)O)c3ccc(S(=O)(=O)[O-])cc3C2(C)CCOC)C(C)(CCCS(=O)(=O)O)c2cc(S(=O)(=O)O)ccc21. The highest BCUT2D eigenvalue weighted by molar-refractivity contribution is 7.86. The summed E-state index contributed by atoms with van der Waals surface area (Å²) in [4.78, 5) is 12.5. The number of hydrogen-bond acceptors (Lipinski definition) is 12. The molecular weight excluding hydrogens is 829 g/mol. The van der Waals surface area contributed by atoms with E-state index in [2.05, 4.69) is 0 Å². The minimum atomic E-state index is -4.76. The monoisotopic (exact) mass is 882 g/mol. The van der Waals surface area contributed by atoms with Crippen LogP contribution in [-0.2, 0) is 60.2 Å². The molecule has 0 aromatic heterocycles. The second-order valence-corrected chi connectivity index (χ2v) is 19.3. The Bertz CT molecular complexity index is 2300. The predicted octanol–water partition coefficient (Wildman–Crippen LogP) is 4.98. The van der Waals surface area contributed by atoms with Gasteiger partial charge in [0.05, 0.1) is 34.2 Å². The smallest absolute Gasteiger partial charge is 0.303 e. The van der Waals surface area contributed by atoms with E-state index in [9.17, 15) is 43.7 Å². The quantitative estimate of drug-likeness (QED) is 0.0546. The van der Waals surface area contributed by atoms with Crippen molar-refractivity contribution in [2.75, 3.05) is 64.4 Å². The second kappa shape index (κ2) is 20.2. The van der Waals surface area contributed by atoms with Gasteiger partial charge in [-0.15, -0.1) is 0 Å². The van der Waals surface area contributed by atoms with Gasteiger partial charge in [-0.25, -0.2) is 8.42 Å². The summed E-state index contributed by atoms with van der Waals surface area (Å²) >= 11 is 0. The summed E-state index contributed by atoms with van der Waals surface area (Å²) < 4.78 is 122. The van der Waals surface area contributed by atoms with Crippen LogP contribution < -0.4 is 4.90 Å². The average molecular weight is 883 g/mol. The Morgan fingerprint density at radius 3 is 2.15 bits per heavy atom. The number of fused-ring (bicyclic) bond motifs is 2. The largest absolute Gasteiger partial charge is 0.744 e. The molecule has 0 saturated heterocycles. The van der Waals surface area contributed by atoms with E-state index in [0.717, 1.165) is 11.4 Å². The van der Waals surface area contributed by atoms with Gasteiger partial charge in [0.2, 0.25) is 5.69 Å². The Morgan fingerprint density at radius 1 is 0.814 bits per heavy atom. The molecule has 2 unspecified atom stereocenters. The van der Waals surface area contributed by atoms with E-state index in [1.165, 1.54) is 24.3 Å². The first-order valence-corrected chi connectivity index (χ1v) is 23.6. The first-order chi connectivity index (χ1) is 27.7. The van der Waals surface area contributed by atoms with Crippen LogP contribution in [0.3, 0.4) is 0 Å². The van der Waals surface area contributed by atoms with E-state index in [-0.39, 0.29) is 35.7 Å². The molecule has 2 aliphatic rings. The molecular formula is C40H54N2O14S3. The molecule has 2 aromatic carbocycles. The van der Waals surface area contributed by atoms with Crippen LogP contribution in [0.15, 0.2) is 82.3 Å². The average Bonchev–Trinajstić information content (AvgIpc) is 3.52.